The van der Waals surface area contributed by atoms with Gasteiger partial charge >= 0.3 is 5.97 Å². The molecule has 0 unspecified atom stereocenters. The standard InChI is InChI=1S/C11H12N2O6/c1-18-7-11(15)19-6-10(14)12-8-2-4-9(5-3-8)13(16)17/h2-5H,6-7H2,1H3,(H,12,14). The normalized spacial score (nSPS) is 9.74. The predicted octanol–water partition coefficient (Wildman–Crippen LogP) is 0.723. The molecule has 0 aliphatic heterocycles. The molecule has 0 aliphatic carbocycles. The number of nitrogens with one attached hydrogen (secondary N) is 1. The van der Waals surface area contributed by atoms with E-state index in [1.165, 1.54) is 31.4 Å². The van der Waals surface area contributed by atoms with Gasteiger partial charge in [0, 0.05) is 24.9 Å². The molecule has 0 heterocycles. The minimum Gasteiger partial charge on any atom is -0.454 e. The number of anilines is 1. The first kappa shape index (κ1) is 14.6. The van der Waals surface area contributed by atoms with E-state index < -0.39 is 23.4 Å². The second kappa shape index (κ2) is 7.07. The quantitative estimate of drug-likeness (QED) is 0.462. The fourth-order valence-electron chi connectivity index (χ4n) is 1.17. The molecule has 0 radical (unpaired) electrons. The van der Waals surface area contributed by atoms with Gasteiger partial charge in [0.2, 0.25) is 0 Å². The highest BCUT2D eigenvalue weighted by atomic mass is 16.6. The first-order chi connectivity index (χ1) is 9.02. The summed E-state index contributed by atoms with van der Waals surface area (Å²) in [4.78, 5) is 32.2. The van der Waals surface area contributed by atoms with Crippen molar-refractivity contribution in [3.8, 4) is 0 Å². The number of nitro groups is 1. The van der Waals surface area contributed by atoms with Crippen molar-refractivity contribution < 1.29 is 24.0 Å². The average Bonchev–Trinajstić information content (AvgIpc) is 2.37. The van der Waals surface area contributed by atoms with E-state index in [9.17, 15) is 19.7 Å². The van der Waals surface area contributed by atoms with Gasteiger partial charge in [0.15, 0.2) is 6.61 Å². The molecule has 0 bridgehead atoms. The van der Waals surface area contributed by atoms with Crippen LogP contribution in [0.3, 0.4) is 0 Å². The zero-order chi connectivity index (χ0) is 14.3. The number of ether oxygens (including phenoxy) is 2. The highest BCUT2D eigenvalue weighted by molar-refractivity contribution is 5.92. The van der Waals surface area contributed by atoms with Gasteiger partial charge in [-0.1, -0.05) is 0 Å². The average molecular weight is 268 g/mol. The molecule has 1 N–H and O–H groups in total. The van der Waals surface area contributed by atoms with E-state index in [1.807, 2.05) is 0 Å². The van der Waals surface area contributed by atoms with Crippen molar-refractivity contribution in [3.63, 3.8) is 0 Å². The summed E-state index contributed by atoms with van der Waals surface area (Å²) in [6.07, 6.45) is 0. The van der Waals surface area contributed by atoms with Crippen LogP contribution >= 0.6 is 0 Å². The second-order valence-corrected chi connectivity index (χ2v) is 3.45. The van der Waals surface area contributed by atoms with Gasteiger partial charge in [-0.2, -0.15) is 0 Å². The SMILES string of the molecule is COCC(=O)OCC(=O)Nc1ccc([N+](=O)[O-])cc1. The van der Waals surface area contributed by atoms with Crippen molar-refractivity contribution in [1.29, 1.82) is 0 Å². The smallest absolute Gasteiger partial charge is 0.332 e. The summed E-state index contributed by atoms with van der Waals surface area (Å²) in [5, 5.41) is 12.8. The van der Waals surface area contributed by atoms with E-state index in [0.717, 1.165) is 0 Å². The van der Waals surface area contributed by atoms with Crippen LogP contribution in [-0.2, 0) is 19.1 Å². The maximum absolute atomic E-state index is 11.4. The molecule has 0 aliphatic rings. The molecule has 0 atom stereocenters. The topological polar surface area (TPSA) is 108 Å². The number of carbonyl (C=O) groups is 2. The Morgan fingerprint density at radius 1 is 1.26 bits per heavy atom. The van der Waals surface area contributed by atoms with Gasteiger partial charge in [-0.25, -0.2) is 4.79 Å². The number of nitro benzene ring substituents is 1. The van der Waals surface area contributed by atoms with Crippen molar-refractivity contribution in [1.82, 2.24) is 0 Å². The zero-order valence-electron chi connectivity index (χ0n) is 10.1. The Bertz CT molecular complexity index is 471. The Balaban J connectivity index is 2.44. The molecule has 19 heavy (non-hydrogen) atoms. The van der Waals surface area contributed by atoms with Gasteiger partial charge in [-0.3, -0.25) is 14.9 Å². The number of non-ortho nitro benzene ring substituents is 1. The molecule has 102 valence electrons. The van der Waals surface area contributed by atoms with Gasteiger partial charge in [0.1, 0.15) is 6.61 Å². The second-order valence-electron chi connectivity index (χ2n) is 3.45. The van der Waals surface area contributed by atoms with E-state index >= 15 is 0 Å². The zero-order valence-corrected chi connectivity index (χ0v) is 10.1. The summed E-state index contributed by atoms with van der Waals surface area (Å²) in [5.74, 6) is -1.19. The third kappa shape index (κ3) is 5.13. The van der Waals surface area contributed by atoms with Gasteiger partial charge in [-0.05, 0) is 12.1 Å². The monoisotopic (exact) mass is 268 g/mol. The van der Waals surface area contributed by atoms with Crippen LogP contribution in [0.25, 0.3) is 0 Å². The van der Waals surface area contributed by atoms with Crippen LogP contribution in [0.2, 0.25) is 0 Å². The first-order valence-corrected chi connectivity index (χ1v) is 5.22. The molecule has 0 fully saturated rings. The minimum absolute atomic E-state index is 0.0791. The third-order valence-corrected chi connectivity index (χ3v) is 1.99. The summed E-state index contributed by atoms with van der Waals surface area (Å²) in [6.45, 7) is -0.677. The lowest BCUT2D eigenvalue weighted by molar-refractivity contribution is -0.384. The maximum Gasteiger partial charge on any atom is 0.332 e. The van der Waals surface area contributed by atoms with Crippen LogP contribution in [0.1, 0.15) is 0 Å². The summed E-state index contributed by atoms with van der Waals surface area (Å²) >= 11 is 0. The van der Waals surface area contributed by atoms with Gasteiger partial charge in [-0.15, -0.1) is 0 Å². The molecular formula is C11H12N2O6. The minimum atomic E-state index is -0.652. The molecule has 0 aromatic heterocycles. The lowest BCUT2D eigenvalue weighted by Crippen LogP contribution is -2.22. The molecule has 0 saturated heterocycles. The molecule has 1 amide bonds. The third-order valence-electron chi connectivity index (χ3n) is 1.99. The Morgan fingerprint density at radius 2 is 1.89 bits per heavy atom. The number of hydrogen-bond donors (Lipinski definition) is 1. The van der Waals surface area contributed by atoms with E-state index in [0.29, 0.717) is 5.69 Å². The van der Waals surface area contributed by atoms with Crippen molar-refractivity contribution in [2.24, 2.45) is 0 Å². The molecule has 8 nitrogen and oxygen atoms in total. The summed E-state index contributed by atoms with van der Waals surface area (Å²) < 4.78 is 9.11. The number of esters is 1. The molecule has 0 saturated carbocycles. The van der Waals surface area contributed by atoms with Crippen LogP contribution in [0.4, 0.5) is 11.4 Å². The van der Waals surface area contributed by atoms with Crippen LogP contribution in [0.15, 0.2) is 24.3 Å². The van der Waals surface area contributed by atoms with Crippen LogP contribution in [-0.4, -0.2) is 37.1 Å². The molecular weight excluding hydrogens is 256 g/mol. The van der Waals surface area contributed by atoms with E-state index in [-0.39, 0.29) is 12.3 Å². The van der Waals surface area contributed by atoms with Crippen LogP contribution in [0, 0.1) is 10.1 Å². The maximum atomic E-state index is 11.4. The van der Waals surface area contributed by atoms with Gasteiger partial charge in [0.25, 0.3) is 11.6 Å². The fourth-order valence-corrected chi connectivity index (χ4v) is 1.17. The summed E-state index contributed by atoms with van der Waals surface area (Å²) in [7, 11) is 1.33. The lowest BCUT2D eigenvalue weighted by Gasteiger charge is -2.05. The van der Waals surface area contributed by atoms with Crippen LogP contribution in [0.5, 0.6) is 0 Å². The molecule has 1 aromatic carbocycles. The fraction of sp³-hybridized carbons (Fsp3) is 0.273. The summed E-state index contributed by atoms with van der Waals surface area (Å²) in [6, 6.07) is 5.28. The highest BCUT2D eigenvalue weighted by Crippen LogP contribution is 2.15. The van der Waals surface area contributed by atoms with Crippen molar-refractivity contribution >= 4 is 23.3 Å². The Labute approximate surface area is 108 Å². The highest BCUT2D eigenvalue weighted by Gasteiger charge is 2.09. The Hall–Kier alpha value is -2.48. The molecule has 1 aromatic rings. The summed E-state index contributed by atoms with van der Waals surface area (Å²) in [5.41, 5.74) is 0.294. The number of benzene rings is 1. The number of methoxy groups -OCH3 is 1. The molecule has 8 heteroatoms. The van der Waals surface area contributed by atoms with Crippen molar-refractivity contribution in [2.45, 2.75) is 0 Å². The first-order valence-electron chi connectivity index (χ1n) is 5.22. The van der Waals surface area contributed by atoms with E-state index in [1.54, 1.807) is 0 Å². The number of carbonyl (C=O) groups excluding carboxylic acids is 2. The number of nitrogens with zero attached hydrogens (tertiary/aromatic N) is 1. The largest absolute Gasteiger partial charge is 0.454 e. The van der Waals surface area contributed by atoms with E-state index in [2.05, 4.69) is 14.8 Å². The van der Waals surface area contributed by atoms with Crippen molar-refractivity contribution in [2.75, 3.05) is 25.6 Å². The molecule has 1 rings (SSSR count). The number of amides is 1. The Kier molecular flexibility index (Phi) is 5.42. The Morgan fingerprint density at radius 3 is 2.42 bits per heavy atom. The number of hydrogen-bond acceptors (Lipinski definition) is 6. The number of rotatable bonds is 6. The van der Waals surface area contributed by atoms with Gasteiger partial charge < -0.3 is 14.8 Å². The molecule has 0 spiro atoms. The van der Waals surface area contributed by atoms with Crippen molar-refractivity contribution in [3.05, 3.63) is 34.4 Å². The van der Waals surface area contributed by atoms with Gasteiger partial charge in [0.05, 0.1) is 4.92 Å². The predicted molar refractivity (Wildman–Crippen MR) is 64.6 cm³/mol. The van der Waals surface area contributed by atoms with E-state index in [4.69, 9.17) is 0 Å². The lowest BCUT2D eigenvalue weighted by atomic mass is 10.3. The van der Waals surface area contributed by atoms with Crippen LogP contribution < -0.4 is 5.32 Å².